The molecule has 4 aliphatic carbocycles. The Bertz CT molecular complexity index is 469. The molecule has 4 aliphatic rings. The molecular formula is C18H29N3. The minimum absolute atomic E-state index is 0.309. The highest BCUT2D eigenvalue weighted by Gasteiger charge is 2.53. The number of hydrogen-bond donors (Lipinski definition) is 1. The molecular weight excluding hydrogens is 258 g/mol. The maximum absolute atomic E-state index is 6.78. The van der Waals surface area contributed by atoms with E-state index in [1.54, 1.807) is 0 Å². The van der Waals surface area contributed by atoms with Gasteiger partial charge in [-0.3, -0.25) is 0 Å². The van der Waals surface area contributed by atoms with Crippen molar-refractivity contribution in [3.05, 3.63) is 18.2 Å². The van der Waals surface area contributed by atoms with Gasteiger partial charge in [0.1, 0.15) is 5.82 Å². The largest absolute Gasteiger partial charge is 0.335 e. The molecule has 1 aromatic rings. The highest BCUT2D eigenvalue weighted by atomic mass is 15.1. The predicted octanol–water partition coefficient (Wildman–Crippen LogP) is 3.38. The average molecular weight is 287 g/mol. The fourth-order valence-electron chi connectivity index (χ4n) is 6.02. The zero-order valence-electron chi connectivity index (χ0n) is 13.3. The summed E-state index contributed by atoms with van der Waals surface area (Å²) in [7, 11) is 0. The average Bonchev–Trinajstić information content (AvgIpc) is 2.85. The number of nitrogens with zero attached hydrogens (tertiary/aromatic N) is 2. The van der Waals surface area contributed by atoms with Crippen LogP contribution < -0.4 is 5.73 Å². The van der Waals surface area contributed by atoms with Crippen LogP contribution in [0.15, 0.2) is 12.4 Å². The first-order valence-corrected chi connectivity index (χ1v) is 8.94. The fraction of sp³-hybridized carbons (Fsp3) is 0.833. The van der Waals surface area contributed by atoms with Crippen LogP contribution in [0.5, 0.6) is 0 Å². The van der Waals surface area contributed by atoms with Crippen molar-refractivity contribution in [1.29, 1.82) is 0 Å². The summed E-state index contributed by atoms with van der Waals surface area (Å²) in [6.07, 6.45) is 14.9. The summed E-state index contributed by atoms with van der Waals surface area (Å²) in [5.41, 5.74) is 7.22. The van der Waals surface area contributed by atoms with Crippen molar-refractivity contribution < 1.29 is 0 Å². The summed E-state index contributed by atoms with van der Waals surface area (Å²) in [5, 5.41) is 0. The molecule has 0 saturated heterocycles. The van der Waals surface area contributed by atoms with E-state index in [9.17, 15) is 0 Å². The summed E-state index contributed by atoms with van der Waals surface area (Å²) in [6, 6.07) is 0.309. The van der Waals surface area contributed by atoms with E-state index >= 15 is 0 Å². The van der Waals surface area contributed by atoms with Crippen molar-refractivity contribution in [3.8, 4) is 0 Å². The molecule has 0 aromatic carbocycles. The molecule has 1 atom stereocenters. The smallest absolute Gasteiger partial charge is 0.110 e. The van der Waals surface area contributed by atoms with Gasteiger partial charge in [-0.15, -0.1) is 0 Å². The summed E-state index contributed by atoms with van der Waals surface area (Å²) >= 11 is 0. The van der Waals surface area contributed by atoms with E-state index in [4.69, 9.17) is 5.73 Å². The third kappa shape index (κ3) is 2.34. The molecule has 4 fully saturated rings. The number of aromatic nitrogens is 2. The van der Waals surface area contributed by atoms with Gasteiger partial charge in [0.2, 0.25) is 0 Å². The lowest BCUT2D eigenvalue weighted by molar-refractivity contribution is -0.0671. The van der Waals surface area contributed by atoms with Crippen LogP contribution in [0.2, 0.25) is 0 Å². The molecule has 0 amide bonds. The quantitative estimate of drug-likeness (QED) is 0.902. The van der Waals surface area contributed by atoms with Gasteiger partial charge in [-0.25, -0.2) is 4.98 Å². The van der Waals surface area contributed by atoms with E-state index < -0.39 is 0 Å². The lowest BCUT2D eigenvalue weighted by atomic mass is 9.47. The molecule has 0 radical (unpaired) electrons. The van der Waals surface area contributed by atoms with Crippen LogP contribution in [0.4, 0.5) is 0 Å². The van der Waals surface area contributed by atoms with Gasteiger partial charge in [-0.05, 0) is 68.1 Å². The molecule has 1 unspecified atom stereocenters. The van der Waals surface area contributed by atoms with Crippen molar-refractivity contribution in [2.75, 3.05) is 0 Å². The monoisotopic (exact) mass is 287 g/mol. The third-order valence-corrected chi connectivity index (χ3v) is 6.54. The van der Waals surface area contributed by atoms with Gasteiger partial charge in [-0.2, -0.15) is 0 Å². The molecule has 4 saturated carbocycles. The molecule has 5 rings (SSSR count). The van der Waals surface area contributed by atoms with Crippen LogP contribution in [0.3, 0.4) is 0 Å². The van der Waals surface area contributed by atoms with E-state index in [0.717, 1.165) is 37.1 Å². The zero-order valence-corrected chi connectivity index (χ0v) is 13.3. The highest BCUT2D eigenvalue weighted by Crippen LogP contribution is 2.61. The minimum atomic E-state index is 0.309. The second-order valence-electron chi connectivity index (χ2n) is 8.13. The second kappa shape index (κ2) is 5.12. The van der Waals surface area contributed by atoms with Gasteiger partial charge < -0.3 is 10.3 Å². The van der Waals surface area contributed by atoms with Crippen molar-refractivity contribution in [2.24, 2.45) is 28.9 Å². The van der Waals surface area contributed by atoms with E-state index in [1.807, 2.05) is 6.20 Å². The maximum Gasteiger partial charge on any atom is 0.110 e. The molecule has 2 N–H and O–H groups in total. The van der Waals surface area contributed by atoms with Crippen LogP contribution in [-0.4, -0.2) is 15.6 Å². The maximum atomic E-state index is 6.78. The van der Waals surface area contributed by atoms with Crippen LogP contribution in [0, 0.1) is 23.2 Å². The van der Waals surface area contributed by atoms with Crippen LogP contribution in [-0.2, 0) is 13.0 Å². The second-order valence-corrected chi connectivity index (χ2v) is 8.13. The molecule has 3 heteroatoms. The summed E-state index contributed by atoms with van der Waals surface area (Å²) in [6.45, 7) is 3.30. The molecule has 1 heterocycles. The summed E-state index contributed by atoms with van der Waals surface area (Å²) in [4.78, 5) is 4.59. The number of hydrogen-bond acceptors (Lipinski definition) is 2. The molecule has 116 valence electrons. The van der Waals surface area contributed by atoms with E-state index in [0.29, 0.717) is 11.5 Å². The van der Waals surface area contributed by atoms with Gasteiger partial charge in [0, 0.05) is 31.4 Å². The van der Waals surface area contributed by atoms with Gasteiger partial charge in [0.05, 0.1) is 0 Å². The summed E-state index contributed by atoms with van der Waals surface area (Å²) < 4.78 is 2.31. The zero-order chi connectivity index (χ0) is 14.4. The Hall–Kier alpha value is -0.830. The number of nitrogens with two attached hydrogens (primary N) is 1. The lowest BCUT2D eigenvalue weighted by Gasteiger charge is -2.59. The molecule has 4 bridgehead atoms. The van der Waals surface area contributed by atoms with Gasteiger partial charge in [-0.1, -0.05) is 6.92 Å². The van der Waals surface area contributed by atoms with Crippen molar-refractivity contribution in [2.45, 2.75) is 70.9 Å². The first kappa shape index (κ1) is 13.8. The Balaban J connectivity index is 1.52. The Morgan fingerprint density at radius 2 is 1.86 bits per heavy atom. The third-order valence-electron chi connectivity index (χ3n) is 6.54. The van der Waals surface area contributed by atoms with Crippen LogP contribution in [0.25, 0.3) is 0 Å². The van der Waals surface area contributed by atoms with Crippen LogP contribution >= 0.6 is 0 Å². The lowest BCUT2D eigenvalue weighted by Crippen LogP contribution is -2.55. The predicted molar refractivity (Wildman–Crippen MR) is 84.8 cm³/mol. The molecule has 3 nitrogen and oxygen atoms in total. The first-order valence-electron chi connectivity index (χ1n) is 8.94. The Morgan fingerprint density at radius 3 is 2.43 bits per heavy atom. The minimum Gasteiger partial charge on any atom is -0.335 e. The normalized spacial score (nSPS) is 38.9. The van der Waals surface area contributed by atoms with E-state index in [2.05, 4.69) is 22.7 Å². The SMILES string of the molecule is CCCn1ccnc1CC(N)C12CC3CC(CC(C3)C1)C2. The van der Waals surface area contributed by atoms with Gasteiger partial charge >= 0.3 is 0 Å². The van der Waals surface area contributed by atoms with E-state index in [-0.39, 0.29) is 0 Å². The highest BCUT2D eigenvalue weighted by molar-refractivity contribution is 5.08. The molecule has 0 aliphatic heterocycles. The topological polar surface area (TPSA) is 43.8 Å². The van der Waals surface area contributed by atoms with E-state index in [1.165, 1.54) is 44.3 Å². The molecule has 1 aromatic heterocycles. The Kier molecular flexibility index (Phi) is 3.36. The number of aryl methyl sites for hydroxylation is 1. The standard InChI is InChI=1S/C18H29N3/c1-2-4-21-5-3-20-17(21)9-16(19)18-10-13-6-14(11-18)8-15(7-13)12-18/h3,5,13-16H,2,4,6-12,19H2,1H3. The molecule has 21 heavy (non-hydrogen) atoms. The number of rotatable bonds is 5. The Labute approximate surface area is 128 Å². The first-order chi connectivity index (χ1) is 10.2. The van der Waals surface area contributed by atoms with Crippen LogP contribution in [0.1, 0.15) is 57.7 Å². The fourth-order valence-corrected chi connectivity index (χ4v) is 6.02. The van der Waals surface area contributed by atoms with Crippen molar-refractivity contribution in [1.82, 2.24) is 9.55 Å². The molecule has 0 spiro atoms. The van der Waals surface area contributed by atoms with Gasteiger partial charge in [0.25, 0.3) is 0 Å². The van der Waals surface area contributed by atoms with Gasteiger partial charge in [0.15, 0.2) is 0 Å². The summed E-state index contributed by atoms with van der Waals surface area (Å²) in [5.74, 6) is 4.16. The van der Waals surface area contributed by atoms with Crippen molar-refractivity contribution in [3.63, 3.8) is 0 Å². The number of imidazole rings is 1. The Morgan fingerprint density at radius 1 is 1.24 bits per heavy atom. The van der Waals surface area contributed by atoms with Crippen molar-refractivity contribution >= 4 is 0 Å².